The Kier molecular flexibility index (Phi) is 12.0. The molecule has 0 aromatic rings. The van der Waals surface area contributed by atoms with Gasteiger partial charge >= 0.3 is 0 Å². The Morgan fingerprint density at radius 3 is 1.38 bits per heavy atom. The number of rotatable bonds is 10. The minimum atomic E-state index is 0.158. The lowest BCUT2D eigenvalue weighted by Gasteiger charge is -2.02. The van der Waals surface area contributed by atoms with Crippen molar-refractivity contribution in [2.24, 2.45) is 0 Å². The van der Waals surface area contributed by atoms with E-state index in [4.69, 9.17) is 5.11 Å². The van der Waals surface area contributed by atoms with Crippen molar-refractivity contribution in [2.75, 3.05) is 6.61 Å². The van der Waals surface area contributed by atoms with E-state index in [-0.39, 0.29) is 6.61 Å². The van der Waals surface area contributed by atoms with Crippen LogP contribution >= 0.6 is 0 Å². The normalized spacial score (nSPS) is 13.5. The standard InChI is InChI=1S/C20H34O/c1-17(2)9-6-10-18(3)11-7-12-19(4)13-8-14-20(5)15-16-21/h9,11,13,15,21H,6-8,10,12,14,16H2,1-5H3/b18-11+,19-13+,20-15+/i13+1,20+1. The molecular weight excluding hydrogens is 258 g/mol. The van der Waals surface area contributed by atoms with E-state index in [0.29, 0.717) is 0 Å². The first-order valence-electron chi connectivity index (χ1n) is 8.16. The van der Waals surface area contributed by atoms with Gasteiger partial charge < -0.3 is 5.11 Å². The Morgan fingerprint density at radius 2 is 1.00 bits per heavy atom. The monoisotopic (exact) mass is 292 g/mol. The van der Waals surface area contributed by atoms with E-state index in [9.17, 15) is 0 Å². The molecular formula is C20H34O. The van der Waals surface area contributed by atoms with Crippen molar-refractivity contribution in [3.8, 4) is 0 Å². The predicted molar refractivity (Wildman–Crippen MR) is 95.5 cm³/mol. The number of aliphatic hydroxyl groups excluding tert-OH is 1. The molecule has 0 aromatic carbocycles. The van der Waals surface area contributed by atoms with Crippen LogP contribution in [0.25, 0.3) is 0 Å². The van der Waals surface area contributed by atoms with E-state index >= 15 is 0 Å². The molecule has 0 bridgehead atoms. The van der Waals surface area contributed by atoms with Gasteiger partial charge in [0, 0.05) is 0 Å². The lowest BCUT2D eigenvalue weighted by atomic mass is 10.1. The van der Waals surface area contributed by atoms with Crippen LogP contribution in [0.1, 0.15) is 73.1 Å². The summed E-state index contributed by atoms with van der Waals surface area (Å²) in [5.41, 5.74) is 5.66. The molecule has 1 heteroatoms. The van der Waals surface area contributed by atoms with Gasteiger partial charge in [0.25, 0.3) is 0 Å². The number of allylic oxidation sites excluding steroid dienone is 7. The fourth-order valence-electron chi connectivity index (χ4n) is 2.14. The van der Waals surface area contributed by atoms with Gasteiger partial charge in [-0.1, -0.05) is 46.6 Å². The molecule has 0 heterocycles. The Hall–Kier alpha value is -1.08. The molecule has 0 rings (SSSR count). The Bertz CT molecular complexity index is 390. The van der Waals surface area contributed by atoms with Gasteiger partial charge in [-0.15, -0.1) is 0 Å². The molecule has 0 aliphatic rings. The zero-order chi connectivity index (χ0) is 16.1. The van der Waals surface area contributed by atoms with E-state index < -0.39 is 0 Å². The summed E-state index contributed by atoms with van der Waals surface area (Å²) >= 11 is 0. The lowest BCUT2D eigenvalue weighted by Crippen LogP contribution is -1.83. The van der Waals surface area contributed by atoms with Crippen molar-refractivity contribution < 1.29 is 5.11 Å². The second-order valence-electron chi connectivity index (χ2n) is 6.23. The van der Waals surface area contributed by atoms with Gasteiger partial charge in [-0.05, 0) is 73.1 Å². The van der Waals surface area contributed by atoms with Crippen molar-refractivity contribution in [3.63, 3.8) is 0 Å². The number of aliphatic hydroxyl groups is 1. The smallest absolute Gasteiger partial charge is 0.0614 e. The molecule has 1 N–H and O–H groups in total. The van der Waals surface area contributed by atoms with Crippen molar-refractivity contribution in [3.05, 3.63) is 46.6 Å². The summed E-state index contributed by atoms with van der Waals surface area (Å²) in [6.45, 7) is 11.0. The van der Waals surface area contributed by atoms with E-state index in [1.54, 1.807) is 0 Å². The molecule has 0 amide bonds. The molecule has 0 fully saturated rings. The van der Waals surface area contributed by atoms with Crippen LogP contribution in [0.15, 0.2) is 46.6 Å². The highest BCUT2D eigenvalue weighted by Gasteiger charge is 1.93. The molecule has 0 unspecified atom stereocenters. The fraction of sp³-hybridized carbons (Fsp3) is 0.600. The maximum Gasteiger partial charge on any atom is 0.0614 e. The van der Waals surface area contributed by atoms with Gasteiger partial charge in [-0.2, -0.15) is 0 Å². The third-order valence-corrected chi connectivity index (χ3v) is 3.59. The van der Waals surface area contributed by atoms with E-state index in [0.717, 1.165) is 32.1 Å². The van der Waals surface area contributed by atoms with Gasteiger partial charge in [0.1, 0.15) is 0 Å². The summed E-state index contributed by atoms with van der Waals surface area (Å²) in [6, 6.07) is 0. The van der Waals surface area contributed by atoms with Crippen LogP contribution in [0.4, 0.5) is 0 Å². The van der Waals surface area contributed by atoms with E-state index in [2.05, 4.69) is 52.8 Å². The number of hydrogen-bond donors (Lipinski definition) is 1. The highest BCUT2D eigenvalue weighted by Crippen LogP contribution is 2.13. The summed E-state index contributed by atoms with van der Waals surface area (Å²) in [7, 11) is 0. The topological polar surface area (TPSA) is 20.2 Å². The Balaban J connectivity index is 3.93. The third-order valence-electron chi connectivity index (χ3n) is 3.59. The summed E-state index contributed by atoms with van der Waals surface area (Å²) in [6.07, 6.45) is 15.7. The zero-order valence-electron chi connectivity index (χ0n) is 14.7. The average Bonchev–Trinajstić information content (AvgIpc) is 2.38. The van der Waals surface area contributed by atoms with Crippen LogP contribution in [0, 0.1) is 0 Å². The van der Waals surface area contributed by atoms with Gasteiger partial charge in [-0.3, -0.25) is 0 Å². The Labute approximate surface area is 132 Å². The number of hydrogen-bond acceptors (Lipinski definition) is 1. The van der Waals surface area contributed by atoms with Crippen LogP contribution in [-0.4, -0.2) is 11.7 Å². The van der Waals surface area contributed by atoms with Crippen molar-refractivity contribution in [1.29, 1.82) is 0 Å². The maximum atomic E-state index is 8.80. The highest BCUT2D eigenvalue weighted by atomic mass is 16.2. The SMILES string of the molecule is CC(C)=CCC/C(C)=C/CC/C(C)=[13CH]/CC/[13C](C)=C/CO. The van der Waals surface area contributed by atoms with Crippen molar-refractivity contribution in [2.45, 2.75) is 73.1 Å². The molecule has 0 saturated heterocycles. The van der Waals surface area contributed by atoms with E-state index in [1.807, 2.05) is 6.08 Å². The summed E-state index contributed by atoms with van der Waals surface area (Å²) < 4.78 is 0. The van der Waals surface area contributed by atoms with Crippen LogP contribution < -0.4 is 0 Å². The van der Waals surface area contributed by atoms with Crippen LogP contribution in [-0.2, 0) is 0 Å². The minimum absolute atomic E-state index is 0.158. The first-order valence-corrected chi connectivity index (χ1v) is 8.16. The molecule has 1 nitrogen and oxygen atoms in total. The maximum absolute atomic E-state index is 8.80. The predicted octanol–water partition coefficient (Wildman–Crippen LogP) is 6.12. The molecule has 0 aromatic heterocycles. The molecule has 0 aliphatic carbocycles. The third kappa shape index (κ3) is 13.7. The second kappa shape index (κ2) is 12.6. The minimum Gasteiger partial charge on any atom is -0.392 e. The largest absolute Gasteiger partial charge is 0.392 e. The van der Waals surface area contributed by atoms with Crippen molar-refractivity contribution in [1.82, 2.24) is 0 Å². The summed E-state index contributed by atoms with van der Waals surface area (Å²) in [5.74, 6) is 0. The summed E-state index contributed by atoms with van der Waals surface area (Å²) in [5, 5.41) is 8.80. The molecule has 21 heavy (non-hydrogen) atoms. The van der Waals surface area contributed by atoms with Gasteiger partial charge in [0.15, 0.2) is 0 Å². The van der Waals surface area contributed by atoms with Gasteiger partial charge in [0.05, 0.1) is 6.61 Å². The first kappa shape index (κ1) is 19.9. The first-order chi connectivity index (χ1) is 9.95. The molecule has 0 radical (unpaired) electrons. The van der Waals surface area contributed by atoms with Crippen LogP contribution in [0.3, 0.4) is 0 Å². The average molecular weight is 292 g/mol. The second-order valence-corrected chi connectivity index (χ2v) is 6.23. The lowest BCUT2D eigenvalue weighted by molar-refractivity contribution is 0.341. The van der Waals surface area contributed by atoms with E-state index in [1.165, 1.54) is 28.7 Å². The molecule has 120 valence electrons. The highest BCUT2D eigenvalue weighted by molar-refractivity contribution is 5.07. The zero-order valence-corrected chi connectivity index (χ0v) is 14.7. The molecule has 0 aliphatic heterocycles. The molecule has 0 atom stereocenters. The quantitative estimate of drug-likeness (QED) is 0.379. The summed E-state index contributed by atoms with van der Waals surface area (Å²) in [4.78, 5) is 0. The van der Waals surface area contributed by atoms with Crippen LogP contribution in [0.5, 0.6) is 0 Å². The Morgan fingerprint density at radius 1 is 0.619 bits per heavy atom. The van der Waals surface area contributed by atoms with Gasteiger partial charge in [-0.25, -0.2) is 0 Å². The molecule has 0 spiro atoms. The molecule has 0 saturated carbocycles. The van der Waals surface area contributed by atoms with Crippen LogP contribution in [0.2, 0.25) is 0 Å². The fourth-order valence-corrected chi connectivity index (χ4v) is 2.14. The van der Waals surface area contributed by atoms with Gasteiger partial charge in [0.2, 0.25) is 0 Å². The van der Waals surface area contributed by atoms with Crippen molar-refractivity contribution >= 4 is 0 Å².